The van der Waals surface area contributed by atoms with Gasteiger partial charge in [0.15, 0.2) is 11.5 Å². The van der Waals surface area contributed by atoms with Crippen molar-refractivity contribution in [3.8, 4) is 11.5 Å². The van der Waals surface area contributed by atoms with E-state index < -0.39 is 0 Å². The summed E-state index contributed by atoms with van der Waals surface area (Å²) in [5.74, 6) is 1.56. The molecule has 2 N–H and O–H groups in total. The summed E-state index contributed by atoms with van der Waals surface area (Å²) >= 11 is 0. The molecular weight excluding hydrogens is 416 g/mol. The number of ether oxygens (including phenoxy) is 2. The Morgan fingerprint density at radius 1 is 1.12 bits per heavy atom. The van der Waals surface area contributed by atoms with Gasteiger partial charge in [0.25, 0.3) is 0 Å². The molecular formula is C26H34N4O3. The van der Waals surface area contributed by atoms with Crippen molar-refractivity contribution in [1.29, 1.82) is 0 Å². The van der Waals surface area contributed by atoms with Crippen LogP contribution in [0.2, 0.25) is 0 Å². The number of nitrogens with one attached hydrogen (secondary N) is 2. The van der Waals surface area contributed by atoms with E-state index in [1.165, 1.54) is 11.3 Å². The highest BCUT2D eigenvalue weighted by Crippen LogP contribution is 2.49. The molecule has 33 heavy (non-hydrogen) atoms. The third-order valence-corrected chi connectivity index (χ3v) is 7.09. The van der Waals surface area contributed by atoms with Gasteiger partial charge in [0, 0.05) is 35.8 Å². The molecule has 2 aromatic rings. The molecule has 0 aromatic heterocycles. The number of benzene rings is 2. The summed E-state index contributed by atoms with van der Waals surface area (Å²) < 4.78 is 11.0. The predicted octanol–water partition coefficient (Wildman–Crippen LogP) is 4.09. The summed E-state index contributed by atoms with van der Waals surface area (Å²) in [4.78, 5) is 19.4. The van der Waals surface area contributed by atoms with Gasteiger partial charge in [0.1, 0.15) is 0 Å². The number of nitrogens with zero attached hydrogens (tertiary/aromatic N) is 2. The van der Waals surface area contributed by atoms with Gasteiger partial charge in [0.2, 0.25) is 0 Å². The molecule has 0 spiro atoms. The van der Waals surface area contributed by atoms with Gasteiger partial charge in [-0.25, -0.2) is 4.79 Å². The third kappa shape index (κ3) is 4.98. The van der Waals surface area contributed by atoms with Crippen molar-refractivity contribution >= 4 is 17.4 Å². The van der Waals surface area contributed by atoms with Gasteiger partial charge in [-0.1, -0.05) is 24.3 Å². The molecule has 7 nitrogen and oxygen atoms in total. The van der Waals surface area contributed by atoms with Gasteiger partial charge in [-0.2, -0.15) is 0 Å². The second-order valence-corrected chi connectivity index (χ2v) is 8.87. The molecule has 0 unspecified atom stereocenters. The van der Waals surface area contributed by atoms with Crippen LogP contribution in [0.4, 0.5) is 10.5 Å². The van der Waals surface area contributed by atoms with Gasteiger partial charge < -0.3 is 25.0 Å². The first-order valence-electron chi connectivity index (χ1n) is 11.6. The van der Waals surface area contributed by atoms with Gasteiger partial charge in [0.05, 0.1) is 20.8 Å². The number of urea groups is 1. The van der Waals surface area contributed by atoms with Crippen molar-refractivity contribution in [2.75, 3.05) is 46.2 Å². The quantitative estimate of drug-likeness (QED) is 0.623. The lowest BCUT2D eigenvalue weighted by molar-refractivity contribution is 0.226. The maximum Gasteiger partial charge on any atom is 0.319 e. The zero-order valence-corrected chi connectivity index (χ0v) is 19.8. The van der Waals surface area contributed by atoms with Crippen molar-refractivity contribution in [1.82, 2.24) is 10.2 Å². The van der Waals surface area contributed by atoms with Gasteiger partial charge in [-0.15, -0.1) is 0 Å². The minimum atomic E-state index is -0.201. The van der Waals surface area contributed by atoms with Crippen LogP contribution >= 0.6 is 0 Å². The molecule has 1 aliphatic heterocycles. The van der Waals surface area contributed by atoms with E-state index in [0.29, 0.717) is 19.1 Å². The molecule has 1 aliphatic carbocycles. The van der Waals surface area contributed by atoms with E-state index in [0.717, 1.165) is 49.4 Å². The molecule has 176 valence electrons. The fourth-order valence-corrected chi connectivity index (χ4v) is 5.31. The summed E-state index contributed by atoms with van der Waals surface area (Å²) in [6.45, 7) is 2.19. The maximum atomic E-state index is 12.1. The van der Waals surface area contributed by atoms with Crippen LogP contribution in [0.1, 0.15) is 31.2 Å². The van der Waals surface area contributed by atoms with E-state index in [-0.39, 0.29) is 11.4 Å². The predicted molar refractivity (Wildman–Crippen MR) is 132 cm³/mol. The lowest BCUT2D eigenvalue weighted by atomic mass is 9.65. The maximum absolute atomic E-state index is 12.1. The fourth-order valence-electron chi connectivity index (χ4n) is 5.31. The molecule has 2 aliphatic rings. The highest BCUT2D eigenvalue weighted by molar-refractivity contribution is 5.89. The van der Waals surface area contributed by atoms with Gasteiger partial charge >= 0.3 is 6.03 Å². The lowest BCUT2D eigenvalue weighted by Crippen LogP contribution is -2.46. The molecule has 0 radical (unpaired) electrons. The van der Waals surface area contributed by atoms with Crippen LogP contribution in [-0.2, 0) is 5.41 Å². The fraction of sp³-hybridized carbons (Fsp3) is 0.462. The number of rotatable bonds is 7. The second-order valence-electron chi connectivity index (χ2n) is 8.87. The molecule has 4 rings (SSSR count). The molecule has 1 saturated heterocycles. The molecule has 7 heteroatoms. The van der Waals surface area contributed by atoms with E-state index >= 15 is 0 Å². The first-order chi connectivity index (χ1) is 16.1. The Bertz CT molecular complexity index is 994. The summed E-state index contributed by atoms with van der Waals surface area (Å²) in [6.07, 6.45) is 4.15. The van der Waals surface area contributed by atoms with Crippen molar-refractivity contribution < 1.29 is 14.3 Å². The molecule has 2 atom stereocenters. The van der Waals surface area contributed by atoms with Crippen LogP contribution in [0.25, 0.3) is 0 Å². The number of para-hydroxylation sites is 1. The zero-order valence-electron chi connectivity index (χ0n) is 19.8. The van der Waals surface area contributed by atoms with E-state index in [1.54, 1.807) is 14.2 Å². The highest BCUT2D eigenvalue weighted by Gasteiger charge is 2.49. The molecule has 2 aromatic carbocycles. The number of amides is 2. The first-order valence-corrected chi connectivity index (χ1v) is 11.6. The number of hydrogen-bond donors (Lipinski definition) is 2. The van der Waals surface area contributed by atoms with Crippen LogP contribution < -0.4 is 20.1 Å². The Balaban J connectivity index is 1.37. The second kappa shape index (κ2) is 10.3. The van der Waals surface area contributed by atoms with Crippen molar-refractivity contribution in [2.24, 2.45) is 4.99 Å². The van der Waals surface area contributed by atoms with E-state index in [2.05, 4.69) is 34.7 Å². The molecule has 1 saturated carbocycles. The zero-order chi connectivity index (χ0) is 23.3. The van der Waals surface area contributed by atoms with Gasteiger partial charge in [-0.3, -0.25) is 4.99 Å². The first kappa shape index (κ1) is 23.1. The monoisotopic (exact) mass is 450 g/mol. The Morgan fingerprint density at radius 3 is 2.67 bits per heavy atom. The number of likely N-dealkylation sites (tertiary alicyclic amines) is 1. The topological polar surface area (TPSA) is 75.2 Å². The Morgan fingerprint density at radius 2 is 1.91 bits per heavy atom. The van der Waals surface area contributed by atoms with Crippen LogP contribution in [0.5, 0.6) is 11.5 Å². The third-order valence-electron chi connectivity index (χ3n) is 7.09. The molecule has 2 amide bonds. The summed E-state index contributed by atoms with van der Waals surface area (Å²) in [5.41, 5.74) is 3.47. The standard InChI is InChI=1S/C26H34N4O3/c1-30-16-13-26(19-9-10-22(32-2)23(17-19)33-3)12-11-21(18-24(26)30)27-14-15-28-25(31)29-20-7-5-4-6-8-20/h4-10,17,24H,11-16,18H2,1-3H3,(H2,28,29,31)/t24-,26-/m0/s1. The minimum Gasteiger partial charge on any atom is -0.493 e. The van der Waals surface area contributed by atoms with E-state index in [4.69, 9.17) is 14.5 Å². The number of methoxy groups -OCH3 is 2. The Hall–Kier alpha value is -3.06. The van der Waals surface area contributed by atoms with Crippen LogP contribution in [0.15, 0.2) is 53.5 Å². The average Bonchev–Trinajstić information content (AvgIpc) is 3.19. The smallest absolute Gasteiger partial charge is 0.319 e. The summed E-state index contributed by atoms with van der Waals surface area (Å²) in [7, 11) is 5.58. The molecule has 1 heterocycles. The lowest BCUT2D eigenvalue weighted by Gasteiger charge is -2.42. The highest BCUT2D eigenvalue weighted by atomic mass is 16.5. The van der Waals surface area contributed by atoms with Gasteiger partial charge in [-0.05, 0) is 62.7 Å². The SMILES string of the molecule is COc1ccc([C@@]23CCC(=NCCNC(=O)Nc4ccccc4)C[C@@H]2N(C)CC3)cc1OC. The normalized spacial score (nSPS) is 23.7. The van der Waals surface area contributed by atoms with Crippen molar-refractivity contribution in [3.63, 3.8) is 0 Å². The number of aliphatic imine (C=N–C) groups is 1. The van der Waals surface area contributed by atoms with Crippen LogP contribution in [0.3, 0.4) is 0 Å². The van der Waals surface area contributed by atoms with E-state index in [1.807, 2.05) is 36.4 Å². The Kier molecular flexibility index (Phi) is 7.18. The Labute approximate surface area is 196 Å². The average molecular weight is 451 g/mol. The van der Waals surface area contributed by atoms with Crippen LogP contribution in [-0.4, -0.2) is 63.6 Å². The molecule has 0 bridgehead atoms. The number of hydrogen-bond acceptors (Lipinski definition) is 5. The van der Waals surface area contributed by atoms with Crippen molar-refractivity contribution in [3.05, 3.63) is 54.1 Å². The number of carbonyl (C=O) groups excluding carboxylic acids is 1. The number of carbonyl (C=O) groups is 1. The van der Waals surface area contributed by atoms with Crippen molar-refractivity contribution in [2.45, 2.75) is 37.1 Å². The van der Waals surface area contributed by atoms with Crippen LogP contribution in [0, 0.1) is 0 Å². The summed E-state index contributed by atoms with van der Waals surface area (Å²) in [6, 6.07) is 16.0. The molecule has 2 fully saturated rings. The number of fused-ring (bicyclic) bond motifs is 1. The largest absolute Gasteiger partial charge is 0.493 e. The van der Waals surface area contributed by atoms with E-state index in [9.17, 15) is 4.79 Å². The summed E-state index contributed by atoms with van der Waals surface area (Å²) in [5, 5.41) is 5.72. The number of likely N-dealkylation sites (N-methyl/N-ethyl adjacent to an activating group) is 1. The number of anilines is 1. The minimum absolute atomic E-state index is 0.112.